The van der Waals surface area contributed by atoms with Gasteiger partial charge in [-0.25, -0.2) is 0 Å². The Hall–Kier alpha value is -1.61. The molecule has 0 fully saturated rings. The summed E-state index contributed by atoms with van der Waals surface area (Å²) in [6.07, 6.45) is 0.976. The fourth-order valence-electron chi connectivity index (χ4n) is 2.02. The van der Waals surface area contributed by atoms with Crippen LogP contribution >= 0.6 is 11.3 Å². The van der Waals surface area contributed by atoms with E-state index in [1.54, 1.807) is 11.3 Å². The van der Waals surface area contributed by atoms with E-state index in [2.05, 4.69) is 59.2 Å². The Labute approximate surface area is 105 Å². The molecule has 1 aromatic carbocycles. The zero-order valence-electron chi connectivity index (χ0n) is 9.68. The van der Waals surface area contributed by atoms with Crippen LogP contribution in [0.1, 0.15) is 28.5 Å². The molecular formula is C14H14N2S. The minimum atomic E-state index is 0.353. The molecule has 0 bridgehead atoms. The molecule has 0 saturated heterocycles. The van der Waals surface area contributed by atoms with Crippen molar-refractivity contribution in [3.05, 3.63) is 57.8 Å². The van der Waals surface area contributed by atoms with Crippen molar-refractivity contribution in [2.45, 2.75) is 19.4 Å². The van der Waals surface area contributed by atoms with Gasteiger partial charge in [-0.2, -0.15) is 5.10 Å². The van der Waals surface area contributed by atoms with Crippen molar-refractivity contribution >= 4 is 17.0 Å². The summed E-state index contributed by atoms with van der Waals surface area (Å²) in [5, 5.41) is 6.56. The molecular weight excluding hydrogens is 228 g/mol. The van der Waals surface area contributed by atoms with E-state index >= 15 is 0 Å². The SMILES string of the molecule is Cc1ccc(C2=NNC(c3cccs3)C2)cc1. The molecule has 0 spiro atoms. The maximum Gasteiger partial charge on any atom is 0.0838 e. The number of nitrogens with zero attached hydrogens (tertiary/aromatic N) is 1. The largest absolute Gasteiger partial charge is 0.301 e. The third-order valence-electron chi connectivity index (χ3n) is 3.02. The van der Waals surface area contributed by atoms with E-state index in [0.29, 0.717) is 6.04 Å². The number of hydrogen-bond acceptors (Lipinski definition) is 3. The number of benzene rings is 1. The molecule has 0 amide bonds. The molecule has 3 rings (SSSR count). The molecule has 2 aromatic rings. The first kappa shape index (κ1) is 10.5. The summed E-state index contributed by atoms with van der Waals surface area (Å²) < 4.78 is 0. The standard InChI is InChI=1S/C14H14N2S/c1-10-4-6-11(7-5-10)12-9-13(16-15-12)14-3-2-8-17-14/h2-8,13,16H,9H2,1H3. The normalized spacial score (nSPS) is 18.9. The summed E-state index contributed by atoms with van der Waals surface area (Å²) in [7, 11) is 0. The van der Waals surface area contributed by atoms with Crippen LogP contribution < -0.4 is 5.43 Å². The Kier molecular flexibility index (Phi) is 2.69. The van der Waals surface area contributed by atoms with E-state index in [1.807, 2.05) is 0 Å². The van der Waals surface area contributed by atoms with E-state index in [9.17, 15) is 0 Å². The number of hydrazone groups is 1. The highest BCUT2D eigenvalue weighted by atomic mass is 32.1. The van der Waals surface area contributed by atoms with Crippen LogP contribution in [0, 0.1) is 6.92 Å². The average molecular weight is 242 g/mol. The van der Waals surface area contributed by atoms with Crippen LogP contribution in [-0.2, 0) is 0 Å². The Balaban J connectivity index is 1.77. The molecule has 0 saturated carbocycles. The zero-order chi connectivity index (χ0) is 11.7. The van der Waals surface area contributed by atoms with Gasteiger partial charge in [0.1, 0.15) is 0 Å². The maximum atomic E-state index is 4.45. The molecule has 1 unspecified atom stereocenters. The van der Waals surface area contributed by atoms with Gasteiger partial charge < -0.3 is 5.43 Å². The van der Waals surface area contributed by atoms with Crippen molar-refractivity contribution in [3.63, 3.8) is 0 Å². The minimum absolute atomic E-state index is 0.353. The van der Waals surface area contributed by atoms with Gasteiger partial charge in [0.2, 0.25) is 0 Å². The maximum absolute atomic E-state index is 4.45. The third-order valence-corrected chi connectivity index (χ3v) is 4.01. The second kappa shape index (κ2) is 4.34. The molecule has 1 atom stereocenters. The van der Waals surface area contributed by atoms with E-state index < -0.39 is 0 Å². The molecule has 1 aromatic heterocycles. The Morgan fingerprint density at radius 3 is 2.76 bits per heavy atom. The first-order chi connectivity index (χ1) is 8.33. The van der Waals surface area contributed by atoms with Crippen molar-refractivity contribution in [2.75, 3.05) is 0 Å². The smallest absolute Gasteiger partial charge is 0.0838 e. The highest BCUT2D eigenvalue weighted by molar-refractivity contribution is 7.10. The second-order valence-corrected chi connectivity index (χ2v) is 5.31. The number of nitrogens with one attached hydrogen (secondary N) is 1. The van der Waals surface area contributed by atoms with Gasteiger partial charge in [0.15, 0.2) is 0 Å². The number of hydrogen-bond donors (Lipinski definition) is 1. The van der Waals surface area contributed by atoms with Crippen LogP contribution in [0.5, 0.6) is 0 Å². The Morgan fingerprint density at radius 1 is 1.24 bits per heavy atom. The fourth-order valence-corrected chi connectivity index (χ4v) is 2.79. The molecule has 1 N–H and O–H groups in total. The van der Waals surface area contributed by atoms with Gasteiger partial charge in [-0.15, -0.1) is 11.3 Å². The predicted octanol–water partition coefficient (Wildman–Crippen LogP) is 3.50. The van der Waals surface area contributed by atoms with Gasteiger partial charge in [0.05, 0.1) is 11.8 Å². The fraction of sp³-hybridized carbons (Fsp3) is 0.214. The van der Waals surface area contributed by atoms with Gasteiger partial charge in [-0.1, -0.05) is 35.9 Å². The van der Waals surface area contributed by atoms with E-state index in [-0.39, 0.29) is 0 Å². The van der Waals surface area contributed by atoms with Crippen LogP contribution in [0.15, 0.2) is 46.9 Å². The quantitative estimate of drug-likeness (QED) is 0.856. The van der Waals surface area contributed by atoms with Gasteiger partial charge in [0.25, 0.3) is 0 Å². The van der Waals surface area contributed by atoms with Crippen LogP contribution in [-0.4, -0.2) is 5.71 Å². The van der Waals surface area contributed by atoms with Crippen molar-refractivity contribution < 1.29 is 0 Å². The van der Waals surface area contributed by atoms with Gasteiger partial charge in [-0.3, -0.25) is 0 Å². The molecule has 2 heterocycles. The average Bonchev–Trinajstić information content (AvgIpc) is 3.00. The molecule has 0 aliphatic carbocycles. The third kappa shape index (κ3) is 2.11. The molecule has 0 radical (unpaired) electrons. The van der Waals surface area contributed by atoms with Crippen molar-refractivity contribution in [2.24, 2.45) is 5.10 Å². The number of thiophene rings is 1. The van der Waals surface area contributed by atoms with Gasteiger partial charge in [-0.05, 0) is 23.9 Å². The lowest BCUT2D eigenvalue weighted by Gasteiger charge is -2.06. The van der Waals surface area contributed by atoms with Gasteiger partial charge in [0, 0.05) is 11.3 Å². The lowest BCUT2D eigenvalue weighted by Crippen LogP contribution is -2.07. The summed E-state index contributed by atoms with van der Waals surface area (Å²) in [6, 6.07) is 13.2. The highest BCUT2D eigenvalue weighted by Gasteiger charge is 2.21. The zero-order valence-corrected chi connectivity index (χ0v) is 10.5. The first-order valence-electron chi connectivity index (χ1n) is 5.75. The van der Waals surface area contributed by atoms with Crippen LogP contribution in [0.3, 0.4) is 0 Å². The lowest BCUT2D eigenvalue weighted by atomic mass is 10.0. The van der Waals surface area contributed by atoms with Crippen molar-refractivity contribution in [1.82, 2.24) is 5.43 Å². The Bertz CT molecular complexity index is 526. The minimum Gasteiger partial charge on any atom is -0.301 e. The van der Waals surface area contributed by atoms with Crippen molar-refractivity contribution in [1.29, 1.82) is 0 Å². The summed E-state index contributed by atoms with van der Waals surface area (Å²) in [5.74, 6) is 0. The predicted molar refractivity (Wildman–Crippen MR) is 72.5 cm³/mol. The summed E-state index contributed by atoms with van der Waals surface area (Å²) in [5.41, 5.74) is 6.89. The Morgan fingerprint density at radius 2 is 2.06 bits per heavy atom. The highest BCUT2D eigenvalue weighted by Crippen LogP contribution is 2.27. The number of aryl methyl sites for hydroxylation is 1. The van der Waals surface area contributed by atoms with E-state index in [4.69, 9.17) is 0 Å². The van der Waals surface area contributed by atoms with Crippen LogP contribution in [0.4, 0.5) is 0 Å². The lowest BCUT2D eigenvalue weighted by molar-refractivity contribution is 0.630. The summed E-state index contributed by atoms with van der Waals surface area (Å²) in [4.78, 5) is 1.36. The monoisotopic (exact) mass is 242 g/mol. The molecule has 3 heteroatoms. The van der Waals surface area contributed by atoms with Crippen LogP contribution in [0.25, 0.3) is 0 Å². The number of rotatable bonds is 2. The molecule has 1 aliphatic heterocycles. The molecule has 2 nitrogen and oxygen atoms in total. The summed E-state index contributed by atoms with van der Waals surface area (Å²) >= 11 is 1.78. The van der Waals surface area contributed by atoms with E-state index in [0.717, 1.165) is 12.1 Å². The molecule has 1 aliphatic rings. The first-order valence-corrected chi connectivity index (χ1v) is 6.63. The van der Waals surface area contributed by atoms with Crippen LogP contribution in [0.2, 0.25) is 0 Å². The molecule has 17 heavy (non-hydrogen) atoms. The van der Waals surface area contributed by atoms with Gasteiger partial charge >= 0.3 is 0 Å². The molecule has 86 valence electrons. The van der Waals surface area contributed by atoms with Crippen molar-refractivity contribution in [3.8, 4) is 0 Å². The summed E-state index contributed by atoms with van der Waals surface area (Å²) in [6.45, 7) is 2.10. The second-order valence-electron chi connectivity index (χ2n) is 4.33. The van der Waals surface area contributed by atoms with E-state index in [1.165, 1.54) is 16.0 Å². The topological polar surface area (TPSA) is 24.4 Å².